The highest BCUT2D eigenvalue weighted by atomic mass is 32.1. The molecule has 0 bridgehead atoms. The van der Waals surface area contributed by atoms with Crippen LogP contribution in [0.1, 0.15) is 48.5 Å². The summed E-state index contributed by atoms with van der Waals surface area (Å²) in [4.78, 5) is 0. The standard InChI is InChI=1S/C5H12S.C4H10.C3H6/c1-4(2)5(3)6;1-4(2)3;1-3-2/h4-6H,1-3H3;4H,1-3H3;3H,1H2,2H3. The first-order valence-corrected chi connectivity index (χ1v) is 5.56. The van der Waals surface area contributed by atoms with E-state index in [4.69, 9.17) is 0 Å². The van der Waals surface area contributed by atoms with Crippen LogP contribution in [0.5, 0.6) is 0 Å². The van der Waals surface area contributed by atoms with Crippen LogP contribution in [0.3, 0.4) is 0 Å². The molecule has 0 amide bonds. The normalized spacial score (nSPS) is 10.9. The summed E-state index contributed by atoms with van der Waals surface area (Å²) in [5.74, 6) is 1.55. The van der Waals surface area contributed by atoms with Gasteiger partial charge in [-0.15, -0.1) is 6.58 Å². The van der Waals surface area contributed by atoms with Crippen molar-refractivity contribution < 1.29 is 0 Å². The van der Waals surface area contributed by atoms with Crippen LogP contribution in [0, 0.1) is 11.8 Å². The molecule has 0 N–H and O–H groups in total. The van der Waals surface area contributed by atoms with Crippen molar-refractivity contribution in [2.24, 2.45) is 11.8 Å². The van der Waals surface area contributed by atoms with Gasteiger partial charge in [0, 0.05) is 5.25 Å². The van der Waals surface area contributed by atoms with Gasteiger partial charge in [-0.25, -0.2) is 0 Å². The summed E-state index contributed by atoms with van der Waals surface area (Å²) in [7, 11) is 0. The van der Waals surface area contributed by atoms with Gasteiger partial charge in [-0.2, -0.15) is 12.6 Å². The van der Waals surface area contributed by atoms with Gasteiger partial charge >= 0.3 is 0 Å². The fourth-order valence-electron chi connectivity index (χ4n) is 0. The molecule has 0 aliphatic carbocycles. The van der Waals surface area contributed by atoms with E-state index in [1.807, 2.05) is 6.92 Å². The Bertz CT molecular complexity index is 74.4. The molecule has 0 heterocycles. The van der Waals surface area contributed by atoms with Crippen molar-refractivity contribution in [1.29, 1.82) is 0 Å². The Kier molecular flexibility index (Phi) is 21.1. The predicted octanol–water partition coefficient (Wildman–Crippen LogP) is 4.82. The zero-order valence-corrected chi connectivity index (χ0v) is 11.4. The minimum absolute atomic E-state index is 0.546. The molecule has 0 saturated carbocycles. The molecule has 0 spiro atoms. The molecule has 0 aromatic carbocycles. The molecule has 0 aromatic heterocycles. The minimum Gasteiger partial charge on any atom is -0.176 e. The fourth-order valence-corrected chi connectivity index (χ4v) is 0. The summed E-state index contributed by atoms with van der Waals surface area (Å²) in [5.41, 5.74) is 0. The first-order chi connectivity index (χ1) is 5.79. The molecule has 0 radical (unpaired) electrons. The van der Waals surface area contributed by atoms with Crippen LogP contribution in [-0.4, -0.2) is 5.25 Å². The maximum atomic E-state index is 4.19. The fraction of sp³-hybridized carbons (Fsp3) is 0.833. The van der Waals surface area contributed by atoms with Crippen LogP contribution in [0.25, 0.3) is 0 Å². The molecular weight excluding hydrogens is 176 g/mol. The number of hydrogen-bond donors (Lipinski definition) is 1. The third-order valence-corrected chi connectivity index (χ3v) is 1.56. The van der Waals surface area contributed by atoms with E-state index in [0.29, 0.717) is 11.2 Å². The summed E-state index contributed by atoms with van der Waals surface area (Å²) < 4.78 is 0. The first-order valence-electron chi connectivity index (χ1n) is 5.04. The third kappa shape index (κ3) is 73.6. The highest BCUT2D eigenvalue weighted by molar-refractivity contribution is 7.80. The largest absolute Gasteiger partial charge is 0.176 e. The molecular formula is C12H28S. The van der Waals surface area contributed by atoms with E-state index in [1.54, 1.807) is 6.08 Å². The van der Waals surface area contributed by atoms with Gasteiger partial charge in [0.1, 0.15) is 0 Å². The zero-order chi connectivity index (χ0) is 11.4. The minimum atomic E-state index is 0.546. The van der Waals surface area contributed by atoms with Crippen molar-refractivity contribution in [2.45, 2.75) is 53.7 Å². The van der Waals surface area contributed by atoms with Crippen molar-refractivity contribution >= 4 is 12.6 Å². The molecule has 1 atom stereocenters. The molecule has 0 rings (SSSR count). The van der Waals surface area contributed by atoms with Gasteiger partial charge in [0.2, 0.25) is 0 Å². The molecule has 0 aliphatic heterocycles. The topological polar surface area (TPSA) is 0 Å². The lowest BCUT2D eigenvalue weighted by Crippen LogP contribution is -1.99. The molecule has 0 aromatic rings. The molecule has 1 heteroatoms. The molecule has 0 fully saturated rings. The number of rotatable bonds is 1. The quantitative estimate of drug-likeness (QED) is 0.460. The highest BCUT2D eigenvalue weighted by Gasteiger charge is 1.96. The summed E-state index contributed by atoms with van der Waals surface area (Å²) in [6, 6.07) is 0. The number of hydrogen-bond acceptors (Lipinski definition) is 1. The molecule has 13 heavy (non-hydrogen) atoms. The maximum absolute atomic E-state index is 4.19. The lowest BCUT2D eigenvalue weighted by molar-refractivity contribution is 0.646. The highest BCUT2D eigenvalue weighted by Crippen LogP contribution is 2.05. The Labute approximate surface area is 91.2 Å². The first kappa shape index (κ1) is 18.8. The Morgan fingerprint density at radius 1 is 1.00 bits per heavy atom. The van der Waals surface area contributed by atoms with Gasteiger partial charge < -0.3 is 0 Å². The van der Waals surface area contributed by atoms with Crippen molar-refractivity contribution in [3.63, 3.8) is 0 Å². The summed E-state index contributed by atoms with van der Waals surface area (Å²) in [6.45, 7) is 18.2. The summed E-state index contributed by atoms with van der Waals surface area (Å²) in [6.07, 6.45) is 1.75. The monoisotopic (exact) mass is 204 g/mol. The van der Waals surface area contributed by atoms with Crippen molar-refractivity contribution in [3.8, 4) is 0 Å². The Balaban J connectivity index is -0.000000125. The second kappa shape index (κ2) is 14.6. The van der Waals surface area contributed by atoms with Gasteiger partial charge in [-0.05, 0) is 18.8 Å². The Hall–Kier alpha value is 0.0900. The van der Waals surface area contributed by atoms with Crippen molar-refractivity contribution in [2.75, 3.05) is 0 Å². The van der Waals surface area contributed by atoms with Crippen LogP contribution in [0.4, 0.5) is 0 Å². The lowest BCUT2D eigenvalue weighted by atomic mass is 10.2. The third-order valence-electron chi connectivity index (χ3n) is 0.965. The van der Waals surface area contributed by atoms with Crippen LogP contribution < -0.4 is 0 Å². The average molecular weight is 204 g/mol. The molecule has 1 unspecified atom stereocenters. The van der Waals surface area contributed by atoms with Crippen molar-refractivity contribution in [1.82, 2.24) is 0 Å². The van der Waals surface area contributed by atoms with E-state index in [9.17, 15) is 0 Å². The van der Waals surface area contributed by atoms with Gasteiger partial charge in [0.25, 0.3) is 0 Å². The van der Waals surface area contributed by atoms with Gasteiger partial charge in [0.15, 0.2) is 0 Å². The Morgan fingerprint density at radius 2 is 1.08 bits per heavy atom. The van der Waals surface area contributed by atoms with E-state index >= 15 is 0 Å². The molecule has 0 aliphatic rings. The summed E-state index contributed by atoms with van der Waals surface area (Å²) >= 11 is 4.19. The van der Waals surface area contributed by atoms with E-state index in [0.717, 1.165) is 5.92 Å². The van der Waals surface area contributed by atoms with Gasteiger partial charge in [-0.3, -0.25) is 0 Å². The lowest BCUT2D eigenvalue weighted by Gasteiger charge is -2.04. The van der Waals surface area contributed by atoms with Gasteiger partial charge in [0.05, 0.1) is 0 Å². The predicted molar refractivity (Wildman–Crippen MR) is 69.7 cm³/mol. The smallest absolute Gasteiger partial charge is 0.00114 e. The van der Waals surface area contributed by atoms with Crippen LogP contribution in [-0.2, 0) is 0 Å². The molecule has 82 valence electrons. The molecule has 0 saturated heterocycles. The SMILES string of the molecule is C=CC.CC(C)C.CC(C)C(C)S. The summed E-state index contributed by atoms with van der Waals surface area (Å²) in [5, 5.41) is 0.546. The maximum Gasteiger partial charge on any atom is 0.00114 e. The van der Waals surface area contributed by atoms with E-state index in [-0.39, 0.29) is 0 Å². The second-order valence-electron chi connectivity index (χ2n) is 4.12. The van der Waals surface area contributed by atoms with E-state index < -0.39 is 0 Å². The van der Waals surface area contributed by atoms with E-state index in [1.165, 1.54) is 0 Å². The molecule has 0 nitrogen and oxygen atoms in total. The zero-order valence-electron chi connectivity index (χ0n) is 10.5. The number of allylic oxidation sites excluding steroid dienone is 1. The van der Waals surface area contributed by atoms with Crippen LogP contribution >= 0.6 is 12.6 Å². The van der Waals surface area contributed by atoms with Gasteiger partial charge in [-0.1, -0.05) is 47.6 Å². The Morgan fingerprint density at radius 3 is 1.08 bits per heavy atom. The second-order valence-corrected chi connectivity index (χ2v) is 4.94. The number of thiol groups is 1. The van der Waals surface area contributed by atoms with E-state index in [2.05, 4.69) is 60.8 Å². The average Bonchev–Trinajstić information content (AvgIpc) is 1.87. The van der Waals surface area contributed by atoms with Crippen LogP contribution in [0.15, 0.2) is 12.7 Å². The van der Waals surface area contributed by atoms with Crippen molar-refractivity contribution in [3.05, 3.63) is 12.7 Å². The van der Waals surface area contributed by atoms with Crippen LogP contribution in [0.2, 0.25) is 0 Å².